The molecule has 156 valence electrons. The topological polar surface area (TPSA) is 94.6 Å². The van der Waals surface area contributed by atoms with Crippen LogP contribution in [-0.4, -0.2) is 20.9 Å². The van der Waals surface area contributed by atoms with E-state index in [-0.39, 0.29) is 40.4 Å². The van der Waals surface area contributed by atoms with Gasteiger partial charge in [-0.15, -0.1) is 0 Å². The monoisotopic (exact) mass is 416 g/mol. The van der Waals surface area contributed by atoms with Crippen molar-refractivity contribution in [1.82, 2.24) is 9.78 Å². The molecule has 2 aromatic carbocycles. The van der Waals surface area contributed by atoms with Crippen molar-refractivity contribution >= 4 is 16.9 Å². The lowest BCUT2D eigenvalue weighted by Gasteiger charge is -2.27. The molecule has 2 aromatic heterocycles. The van der Waals surface area contributed by atoms with E-state index in [4.69, 9.17) is 9.15 Å². The van der Waals surface area contributed by atoms with Gasteiger partial charge in [0.05, 0.1) is 6.42 Å². The number of esters is 1. The summed E-state index contributed by atoms with van der Waals surface area (Å²) in [6.45, 7) is 4.00. The maximum Gasteiger partial charge on any atom is 0.312 e. The second-order valence-corrected chi connectivity index (χ2v) is 7.88. The summed E-state index contributed by atoms with van der Waals surface area (Å²) in [6, 6.07) is 13.9. The van der Waals surface area contributed by atoms with E-state index >= 15 is 0 Å². The minimum Gasteiger partial charge on any atom is -0.507 e. The molecule has 0 aliphatic carbocycles. The number of benzene rings is 2. The molecule has 0 unspecified atom stereocenters. The van der Waals surface area contributed by atoms with Crippen molar-refractivity contribution in [3.05, 3.63) is 76.2 Å². The first-order chi connectivity index (χ1) is 14.9. The lowest BCUT2D eigenvalue weighted by atomic mass is 9.87. The molecule has 0 radical (unpaired) electrons. The zero-order valence-electron chi connectivity index (χ0n) is 17.0. The number of carbonyl (C=O) groups excluding carboxylic acids is 1. The fourth-order valence-corrected chi connectivity index (χ4v) is 4.19. The van der Waals surface area contributed by atoms with Crippen LogP contribution in [0, 0.1) is 0 Å². The first-order valence-electron chi connectivity index (χ1n) is 10.1. The average Bonchev–Trinajstić information content (AvgIpc) is 3.23. The van der Waals surface area contributed by atoms with Crippen LogP contribution in [0.1, 0.15) is 43.5 Å². The Hall–Kier alpha value is -3.87. The van der Waals surface area contributed by atoms with E-state index in [1.807, 2.05) is 54.9 Å². The third kappa shape index (κ3) is 3.09. The van der Waals surface area contributed by atoms with E-state index in [1.165, 1.54) is 12.1 Å². The lowest BCUT2D eigenvalue weighted by molar-refractivity contribution is -0.135. The molecule has 7 nitrogen and oxygen atoms in total. The van der Waals surface area contributed by atoms with Crippen molar-refractivity contribution in [3.63, 3.8) is 0 Å². The Morgan fingerprint density at radius 1 is 1.13 bits per heavy atom. The van der Waals surface area contributed by atoms with Crippen LogP contribution >= 0.6 is 0 Å². The van der Waals surface area contributed by atoms with E-state index in [0.717, 1.165) is 11.3 Å². The zero-order chi connectivity index (χ0) is 21.7. The Morgan fingerprint density at radius 3 is 2.65 bits per heavy atom. The summed E-state index contributed by atoms with van der Waals surface area (Å²) in [4.78, 5) is 25.4. The molecule has 31 heavy (non-hydrogen) atoms. The number of aromatic nitrogens is 2. The summed E-state index contributed by atoms with van der Waals surface area (Å²) < 4.78 is 13.5. The van der Waals surface area contributed by atoms with E-state index in [0.29, 0.717) is 11.3 Å². The zero-order valence-corrected chi connectivity index (χ0v) is 17.0. The third-order valence-electron chi connectivity index (χ3n) is 5.53. The third-order valence-corrected chi connectivity index (χ3v) is 5.53. The van der Waals surface area contributed by atoms with Crippen LogP contribution in [0.25, 0.3) is 22.3 Å². The Kier molecular flexibility index (Phi) is 4.39. The number of phenols is 1. The molecule has 3 heterocycles. The van der Waals surface area contributed by atoms with Gasteiger partial charge in [-0.05, 0) is 19.9 Å². The summed E-state index contributed by atoms with van der Waals surface area (Å²) >= 11 is 0. The normalized spacial score (nSPS) is 15.8. The molecule has 7 heteroatoms. The molecule has 1 aliphatic heterocycles. The first-order valence-corrected chi connectivity index (χ1v) is 10.1. The van der Waals surface area contributed by atoms with Gasteiger partial charge in [0.25, 0.3) is 0 Å². The molecule has 1 aliphatic rings. The molecular weight excluding hydrogens is 396 g/mol. The minimum atomic E-state index is -0.432. The fourth-order valence-electron chi connectivity index (χ4n) is 4.19. The van der Waals surface area contributed by atoms with Gasteiger partial charge in [0.15, 0.2) is 5.43 Å². The van der Waals surface area contributed by atoms with Crippen LogP contribution in [0.3, 0.4) is 0 Å². The Labute approximate surface area is 177 Å². The van der Waals surface area contributed by atoms with Crippen LogP contribution in [0.15, 0.2) is 63.9 Å². The second-order valence-electron chi connectivity index (χ2n) is 7.88. The number of fused-ring (bicyclic) bond motifs is 3. The molecule has 4 aromatic rings. The largest absolute Gasteiger partial charge is 0.507 e. The van der Waals surface area contributed by atoms with Gasteiger partial charge in [-0.1, -0.05) is 30.3 Å². The SMILES string of the molecule is CC(C)n1nccc1[C@@H]1CC(=O)Oc2cc(O)c3c(=O)cc(-c4ccccc4)oc3c21. The second kappa shape index (κ2) is 7.12. The van der Waals surface area contributed by atoms with Crippen molar-refractivity contribution in [2.24, 2.45) is 0 Å². The molecule has 0 bridgehead atoms. The number of ether oxygens (including phenoxy) is 1. The van der Waals surface area contributed by atoms with Gasteiger partial charge in [0.2, 0.25) is 0 Å². The average molecular weight is 416 g/mol. The first kappa shape index (κ1) is 19.1. The van der Waals surface area contributed by atoms with Gasteiger partial charge in [-0.25, -0.2) is 0 Å². The Balaban J connectivity index is 1.84. The van der Waals surface area contributed by atoms with Gasteiger partial charge >= 0.3 is 5.97 Å². The molecule has 0 fully saturated rings. The van der Waals surface area contributed by atoms with E-state index in [2.05, 4.69) is 5.10 Å². The van der Waals surface area contributed by atoms with E-state index in [9.17, 15) is 14.7 Å². The van der Waals surface area contributed by atoms with E-state index in [1.54, 1.807) is 6.20 Å². The summed E-state index contributed by atoms with van der Waals surface area (Å²) in [7, 11) is 0. The predicted molar refractivity (Wildman–Crippen MR) is 114 cm³/mol. The fraction of sp³-hybridized carbons (Fsp3) is 0.208. The summed E-state index contributed by atoms with van der Waals surface area (Å²) in [5.74, 6) is -0.573. The molecule has 0 saturated heterocycles. The molecule has 1 N–H and O–H groups in total. The number of hydrogen-bond acceptors (Lipinski definition) is 6. The summed E-state index contributed by atoms with van der Waals surface area (Å²) in [5.41, 5.74) is 1.95. The Morgan fingerprint density at radius 2 is 1.90 bits per heavy atom. The van der Waals surface area contributed by atoms with Crippen LogP contribution in [-0.2, 0) is 4.79 Å². The van der Waals surface area contributed by atoms with Crippen molar-refractivity contribution in [1.29, 1.82) is 0 Å². The standard InChI is InChI=1S/C24H20N2O5/c1-13(2)26-16(8-9-25-26)15-10-21(29)30-20-12-18(28)23-17(27)11-19(31-24(23)22(15)20)14-6-4-3-5-7-14/h3-9,11-13,15,28H,10H2,1-2H3/t15-/m0/s1. The highest BCUT2D eigenvalue weighted by molar-refractivity contribution is 5.93. The molecule has 5 rings (SSSR count). The number of carbonyl (C=O) groups is 1. The summed E-state index contributed by atoms with van der Waals surface area (Å²) in [6.07, 6.45) is 1.76. The van der Waals surface area contributed by atoms with Crippen molar-refractivity contribution in [2.45, 2.75) is 32.2 Å². The van der Waals surface area contributed by atoms with Crippen molar-refractivity contribution < 1.29 is 19.1 Å². The van der Waals surface area contributed by atoms with Crippen LogP contribution < -0.4 is 10.2 Å². The summed E-state index contributed by atoms with van der Waals surface area (Å²) in [5, 5.41) is 15.0. The van der Waals surface area contributed by atoms with Crippen molar-refractivity contribution in [2.75, 3.05) is 0 Å². The Bertz CT molecular complexity index is 1370. The quantitative estimate of drug-likeness (QED) is 0.393. The van der Waals surface area contributed by atoms with Gasteiger partial charge in [0, 0.05) is 47.1 Å². The van der Waals surface area contributed by atoms with Gasteiger partial charge in [0.1, 0.15) is 28.2 Å². The van der Waals surface area contributed by atoms with Crippen molar-refractivity contribution in [3.8, 4) is 22.8 Å². The molecular formula is C24H20N2O5. The van der Waals surface area contributed by atoms with Gasteiger partial charge in [-0.3, -0.25) is 14.3 Å². The highest BCUT2D eigenvalue weighted by Crippen LogP contribution is 2.46. The smallest absolute Gasteiger partial charge is 0.312 e. The maximum atomic E-state index is 13.0. The molecule has 0 amide bonds. The lowest BCUT2D eigenvalue weighted by Crippen LogP contribution is -2.24. The number of phenolic OH excluding ortho intramolecular Hbond substituents is 1. The van der Waals surface area contributed by atoms with E-state index < -0.39 is 11.9 Å². The molecule has 0 saturated carbocycles. The number of aromatic hydroxyl groups is 1. The number of hydrogen-bond donors (Lipinski definition) is 1. The van der Waals surface area contributed by atoms with Gasteiger partial charge in [-0.2, -0.15) is 5.10 Å². The minimum absolute atomic E-state index is 0.0667. The maximum absolute atomic E-state index is 13.0. The highest BCUT2D eigenvalue weighted by Gasteiger charge is 2.35. The van der Waals surface area contributed by atoms with Crippen LogP contribution in [0.4, 0.5) is 0 Å². The predicted octanol–water partition coefficient (Wildman–Crippen LogP) is 4.38. The van der Waals surface area contributed by atoms with Crippen LogP contribution in [0.5, 0.6) is 11.5 Å². The number of rotatable bonds is 3. The molecule has 1 atom stereocenters. The molecule has 0 spiro atoms. The number of nitrogens with zero attached hydrogens (tertiary/aromatic N) is 2. The van der Waals surface area contributed by atoms with Gasteiger partial charge < -0.3 is 14.3 Å². The van der Waals surface area contributed by atoms with Crippen LogP contribution in [0.2, 0.25) is 0 Å². The highest BCUT2D eigenvalue weighted by atomic mass is 16.5.